The van der Waals surface area contributed by atoms with Crippen molar-refractivity contribution in [3.8, 4) is 0 Å². The van der Waals surface area contributed by atoms with Gasteiger partial charge in [0.15, 0.2) is 0 Å². The van der Waals surface area contributed by atoms with Crippen LogP contribution in [0.25, 0.3) is 0 Å². The second-order valence-electron chi connectivity index (χ2n) is 5.13. The summed E-state index contributed by atoms with van der Waals surface area (Å²) in [6.07, 6.45) is 2.77. The highest BCUT2D eigenvalue weighted by atomic mass is 16.6. The zero-order valence-electron chi connectivity index (χ0n) is 11.2. The summed E-state index contributed by atoms with van der Waals surface area (Å²) in [5, 5.41) is 11.7. The number of aliphatic hydroxyl groups excluding tert-OH is 1. The number of ether oxygens (including phenoxy) is 1. The number of nitrogens with two attached hydrogens (primary N) is 1. The Kier molecular flexibility index (Phi) is 8.12. The molecule has 0 radical (unpaired) electrons. The highest BCUT2D eigenvalue weighted by Crippen LogP contribution is 2.07. The first-order valence-corrected chi connectivity index (χ1v) is 6.17. The third kappa shape index (κ3) is 10.2. The molecule has 0 aliphatic heterocycles. The number of rotatable bonds is 8. The molecule has 1 atom stereocenters. The lowest BCUT2D eigenvalue weighted by atomic mass is 10.2. The van der Waals surface area contributed by atoms with E-state index >= 15 is 0 Å². The van der Waals surface area contributed by atoms with E-state index in [1.165, 1.54) is 0 Å². The molecule has 5 nitrogen and oxygen atoms in total. The molecule has 0 aromatic heterocycles. The molecule has 0 heterocycles. The van der Waals surface area contributed by atoms with E-state index in [4.69, 9.17) is 15.6 Å². The second-order valence-corrected chi connectivity index (χ2v) is 5.13. The molecule has 1 unspecified atom stereocenters. The van der Waals surface area contributed by atoms with Crippen LogP contribution in [0.3, 0.4) is 0 Å². The van der Waals surface area contributed by atoms with E-state index in [1.54, 1.807) is 0 Å². The summed E-state index contributed by atoms with van der Waals surface area (Å²) in [4.78, 5) is 11.5. The molecular formula is C12H26N2O3. The van der Waals surface area contributed by atoms with E-state index < -0.39 is 11.6 Å². The molecule has 0 aromatic rings. The highest BCUT2D eigenvalue weighted by Gasteiger charge is 2.21. The summed E-state index contributed by atoms with van der Waals surface area (Å²) in [5.74, 6) is -0.375. The number of hydrogen-bond acceptors (Lipinski definition) is 5. The summed E-state index contributed by atoms with van der Waals surface area (Å²) >= 11 is 0. The van der Waals surface area contributed by atoms with Crippen molar-refractivity contribution in [2.45, 2.75) is 51.7 Å². The van der Waals surface area contributed by atoms with Crippen LogP contribution in [0.15, 0.2) is 0 Å². The standard InChI is InChI=1S/C12H26N2O3/c1-12(2,3)17-11(16)10(13)9-14-7-5-4-6-8-15/h10,14-15H,4-9,13H2,1-3H3. The van der Waals surface area contributed by atoms with Crippen molar-refractivity contribution >= 4 is 5.97 Å². The number of unbranched alkanes of at least 4 members (excludes halogenated alkanes) is 2. The SMILES string of the molecule is CC(C)(C)OC(=O)C(N)CNCCCCCO. The molecule has 4 N–H and O–H groups in total. The van der Waals surface area contributed by atoms with Crippen LogP contribution in [0.1, 0.15) is 40.0 Å². The van der Waals surface area contributed by atoms with E-state index in [9.17, 15) is 4.79 Å². The van der Waals surface area contributed by atoms with Crippen molar-refractivity contribution in [1.82, 2.24) is 5.32 Å². The largest absolute Gasteiger partial charge is 0.459 e. The first kappa shape index (κ1) is 16.4. The van der Waals surface area contributed by atoms with Gasteiger partial charge in [-0.2, -0.15) is 0 Å². The van der Waals surface area contributed by atoms with Gasteiger partial charge in [-0.15, -0.1) is 0 Å². The number of carbonyl (C=O) groups is 1. The summed E-state index contributed by atoms with van der Waals surface area (Å²) < 4.78 is 5.16. The van der Waals surface area contributed by atoms with Gasteiger partial charge in [-0.25, -0.2) is 0 Å². The zero-order chi connectivity index (χ0) is 13.3. The topological polar surface area (TPSA) is 84.6 Å². The number of nitrogens with one attached hydrogen (secondary N) is 1. The Hall–Kier alpha value is -0.650. The van der Waals surface area contributed by atoms with Crippen LogP contribution in [-0.4, -0.2) is 42.4 Å². The molecule has 0 amide bonds. The number of carbonyl (C=O) groups excluding carboxylic acids is 1. The van der Waals surface area contributed by atoms with E-state index in [-0.39, 0.29) is 12.6 Å². The average molecular weight is 246 g/mol. The molecule has 17 heavy (non-hydrogen) atoms. The van der Waals surface area contributed by atoms with Crippen molar-refractivity contribution in [3.63, 3.8) is 0 Å². The third-order valence-electron chi connectivity index (χ3n) is 2.09. The van der Waals surface area contributed by atoms with Crippen LogP contribution in [0, 0.1) is 0 Å². The smallest absolute Gasteiger partial charge is 0.324 e. The molecule has 0 aliphatic carbocycles. The first-order valence-electron chi connectivity index (χ1n) is 6.17. The summed E-state index contributed by atoms with van der Waals surface area (Å²) in [5.41, 5.74) is 5.20. The van der Waals surface area contributed by atoms with Gasteiger partial charge < -0.3 is 20.9 Å². The van der Waals surface area contributed by atoms with Gasteiger partial charge in [0.2, 0.25) is 0 Å². The summed E-state index contributed by atoms with van der Waals surface area (Å²) in [7, 11) is 0. The summed E-state index contributed by atoms with van der Waals surface area (Å²) in [6.45, 7) is 6.92. The maximum atomic E-state index is 11.5. The maximum absolute atomic E-state index is 11.5. The van der Waals surface area contributed by atoms with E-state index in [1.807, 2.05) is 20.8 Å². The highest BCUT2D eigenvalue weighted by molar-refractivity contribution is 5.76. The van der Waals surface area contributed by atoms with Crippen LogP contribution >= 0.6 is 0 Å². The van der Waals surface area contributed by atoms with Crippen molar-refractivity contribution in [1.29, 1.82) is 0 Å². The van der Waals surface area contributed by atoms with Gasteiger partial charge in [0, 0.05) is 13.2 Å². The summed E-state index contributed by atoms with van der Waals surface area (Å²) in [6, 6.07) is -0.618. The Morgan fingerprint density at radius 3 is 2.53 bits per heavy atom. The fraction of sp³-hybridized carbons (Fsp3) is 0.917. The maximum Gasteiger partial charge on any atom is 0.324 e. The molecule has 0 saturated carbocycles. The van der Waals surface area contributed by atoms with Crippen molar-refractivity contribution < 1.29 is 14.6 Å². The van der Waals surface area contributed by atoms with Gasteiger partial charge in [0.05, 0.1) is 0 Å². The quantitative estimate of drug-likeness (QED) is 0.426. The van der Waals surface area contributed by atoms with E-state index in [0.717, 1.165) is 25.8 Å². The molecule has 0 spiro atoms. The normalized spacial score (nSPS) is 13.5. The Balaban J connectivity index is 3.58. The van der Waals surface area contributed by atoms with Gasteiger partial charge in [-0.05, 0) is 46.6 Å². The van der Waals surface area contributed by atoms with Crippen molar-refractivity contribution in [2.24, 2.45) is 5.73 Å². The Morgan fingerprint density at radius 1 is 1.35 bits per heavy atom. The molecule has 0 fully saturated rings. The minimum atomic E-state index is -0.618. The van der Waals surface area contributed by atoms with Crippen molar-refractivity contribution in [2.75, 3.05) is 19.7 Å². The van der Waals surface area contributed by atoms with Crippen LogP contribution in [0.4, 0.5) is 0 Å². The second kappa shape index (κ2) is 8.44. The molecule has 102 valence electrons. The van der Waals surface area contributed by atoms with Gasteiger partial charge >= 0.3 is 5.97 Å². The minimum absolute atomic E-state index is 0.234. The fourth-order valence-corrected chi connectivity index (χ4v) is 1.26. The van der Waals surface area contributed by atoms with E-state index in [0.29, 0.717) is 6.54 Å². The number of esters is 1. The molecule has 0 aromatic carbocycles. The predicted molar refractivity (Wildman–Crippen MR) is 67.6 cm³/mol. The van der Waals surface area contributed by atoms with Crippen LogP contribution < -0.4 is 11.1 Å². The lowest BCUT2D eigenvalue weighted by Crippen LogP contribution is -2.44. The number of hydrogen-bond donors (Lipinski definition) is 3. The molecule has 0 bridgehead atoms. The minimum Gasteiger partial charge on any atom is -0.459 e. The van der Waals surface area contributed by atoms with Crippen molar-refractivity contribution in [3.05, 3.63) is 0 Å². The lowest BCUT2D eigenvalue weighted by Gasteiger charge is -2.22. The van der Waals surface area contributed by atoms with E-state index in [2.05, 4.69) is 5.32 Å². The van der Waals surface area contributed by atoms with Gasteiger partial charge in [0.25, 0.3) is 0 Å². The molecular weight excluding hydrogens is 220 g/mol. The zero-order valence-corrected chi connectivity index (χ0v) is 11.2. The Labute approximate surface area is 104 Å². The van der Waals surface area contributed by atoms with Crippen LogP contribution in [0.2, 0.25) is 0 Å². The Bertz CT molecular complexity index is 214. The van der Waals surface area contributed by atoms with Gasteiger partial charge in [0.1, 0.15) is 11.6 Å². The van der Waals surface area contributed by atoms with Crippen LogP contribution in [-0.2, 0) is 9.53 Å². The Morgan fingerprint density at radius 2 is 2.00 bits per heavy atom. The molecule has 0 saturated heterocycles. The average Bonchev–Trinajstić information content (AvgIpc) is 2.20. The molecule has 0 rings (SSSR count). The molecule has 0 aliphatic rings. The predicted octanol–water partition coefficient (Wildman–Crippen LogP) is 0.408. The molecule has 5 heteroatoms. The third-order valence-corrected chi connectivity index (χ3v) is 2.09. The van der Waals surface area contributed by atoms with Gasteiger partial charge in [-0.3, -0.25) is 4.79 Å². The lowest BCUT2D eigenvalue weighted by molar-refractivity contribution is -0.156. The fourth-order valence-electron chi connectivity index (χ4n) is 1.26. The number of aliphatic hydroxyl groups is 1. The van der Waals surface area contributed by atoms with Gasteiger partial charge in [-0.1, -0.05) is 0 Å². The van der Waals surface area contributed by atoms with Crippen LogP contribution in [0.5, 0.6) is 0 Å². The first-order chi connectivity index (χ1) is 7.87. The monoisotopic (exact) mass is 246 g/mol.